The molecule has 6 saturated carbocycles. The molecule has 0 spiro atoms. The van der Waals surface area contributed by atoms with Crippen LogP contribution in [0.2, 0.25) is 0 Å². The Labute approximate surface area is 153 Å². The summed E-state index contributed by atoms with van der Waals surface area (Å²) >= 11 is 0. The van der Waals surface area contributed by atoms with Crippen LogP contribution in [0.25, 0.3) is 0 Å². The van der Waals surface area contributed by atoms with Crippen molar-refractivity contribution in [2.75, 3.05) is 0 Å². The maximum Gasteiger partial charge on any atom is 0.312 e. The van der Waals surface area contributed by atoms with E-state index in [1.165, 1.54) is 0 Å². The summed E-state index contributed by atoms with van der Waals surface area (Å²) in [5.41, 5.74) is -0.593. The number of rotatable bonds is 0. The third kappa shape index (κ3) is 1.00. The van der Waals surface area contributed by atoms with E-state index in [4.69, 9.17) is 9.47 Å². The van der Waals surface area contributed by atoms with Crippen LogP contribution in [0.3, 0.4) is 0 Å². The Morgan fingerprint density at radius 1 is 0.654 bits per heavy atom. The van der Waals surface area contributed by atoms with Crippen molar-refractivity contribution in [3.8, 4) is 0 Å². The van der Waals surface area contributed by atoms with Gasteiger partial charge in [0, 0.05) is 11.8 Å². The second kappa shape index (κ2) is 3.63. The molecule has 14 atom stereocenters. The lowest BCUT2D eigenvalue weighted by molar-refractivity contribution is -0.189. The molecule has 0 unspecified atom stereocenters. The summed E-state index contributed by atoms with van der Waals surface area (Å²) in [7, 11) is 0. The van der Waals surface area contributed by atoms with Crippen LogP contribution in [0.1, 0.15) is 39.5 Å². The summed E-state index contributed by atoms with van der Waals surface area (Å²) in [5, 5.41) is 0. The smallest absolute Gasteiger partial charge is 0.312 e. The monoisotopic (exact) mass is 354 g/mol. The van der Waals surface area contributed by atoms with Gasteiger partial charge in [-0.1, -0.05) is 0 Å². The van der Waals surface area contributed by atoms with Gasteiger partial charge < -0.3 is 9.47 Å². The number of hydrogen-bond donors (Lipinski definition) is 0. The first-order valence-electron chi connectivity index (χ1n) is 10.9. The van der Waals surface area contributed by atoms with Crippen molar-refractivity contribution in [3.63, 3.8) is 0 Å². The summed E-state index contributed by atoms with van der Waals surface area (Å²) in [6.07, 6.45) is 4.56. The highest BCUT2D eigenvalue weighted by atomic mass is 16.6. The van der Waals surface area contributed by atoms with Crippen LogP contribution >= 0.6 is 0 Å². The average Bonchev–Trinajstić information content (AvgIpc) is 3.34. The van der Waals surface area contributed by atoms with Crippen molar-refractivity contribution in [1.82, 2.24) is 0 Å². The summed E-state index contributed by atoms with van der Waals surface area (Å²) in [5.74, 6) is 5.35. The molecule has 0 radical (unpaired) electrons. The lowest BCUT2D eigenvalue weighted by Crippen LogP contribution is -2.53. The Balaban J connectivity index is 1.45. The molecule has 4 heteroatoms. The van der Waals surface area contributed by atoms with Gasteiger partial charge in [-0.15, -0.1) is 0 Å². The molecule has 8 fully saturated rings. The third-order valence-electron chi connectivity index (χ3n) is 11.4. The van der Waals surface area contributed by atoms with Gasteiger partial charge >= 0.3 is 11.9 Å². The van der Waals surface area contributed by atoms with Gasteiger partial charge in [0.15, 0.2) is 0 Å². The first-order chi connectivity index (χ1) is 12.5. The Hall–Kier alpha value is -1.06. The van der Waals surface area contributed by atoms with E-state index in [2.05, 4.69) is 13.8 Å². The molecular weight excluding hydrogens is 328 g/mol. The molecule has 138 valence electrons. The highest BCUT2D eigenvalue weighted by Gasteiger charge is 2.88. The molecule has 0 amide bonds. The Kier molecular flexibility index (Phi) is 1.95. The molecule has 2 aliphatic heterocycles. The van der Waals surface area contributed by atoms with Crippen molar-refractivity contribution < 1.29 is 19.1 Å². The van der Waals surface area contributed by atoms with Crippen LogP contribution in [-0.4, -0.2) is 24.1 Å². The summed E-state index contributed by atoms with van der Waals surface area (Å²) < 4.78 is 12.3. The molecule has 4 nitrogen and oxygen atoms in total. The second-order valence-electron chi connectivity index (χ2n) is 11.3. The molecule has 2 heterocycles. The SMILES string of the molecule is C[C@]12C(=O)O[C@@H]3CC[C@@H]4[C@@H]3[C@@H]1[C@@H]1[C@H]3[C@H]5[C@@H]6[C@@H](CC[C@@H]6OC(=O)[C@]5(C)[C@@H]41)[C@@H]32. The Bertz CT molecular complexity index is 740. The van der Waals surface area contributed by atoms with E-state index in [0.717, 1.165) is 25.7 Å². The Morgan fingerprint density at radius 2 is 1.08 bits per heavy atom. The second-order valence-corrected chi connectivity index (χ2v) is 11.3. The van der Waals surface area contributed by atoms with Gasteiger partial charge in [-0.25, -0.2) is 0 Å². The average molecular weight is 354 g/mol. The van der Waals surface area contributed by atoms with E-state index in [9.17, 15) is 9.59 Å². The van der Waals surface area contributed by atoms with E-state index >= 15 is 0 Å². The normalized spacial score (nSPS) is 72.7. The number of carbonyl (C=O) groups is 2. The van der Waals surface area contributed by atoms with E-state index < -0.39 is 0 Å². The van der Waals surface area contributed by atoms with Crippen LogP contribution in [0, 0.1) is 70.0 Å². The minimum absolute atomic E-state index is 0.112. The Morgan fingerprint density at radius 3 is 1.50 bits per heavy atom. The van der Waals surface area contributed by atoms with Crippen molar-refractivity contribution in [2.24, 2.45) is 70.0 Å². The fraction of sp³-hybridized carbons (Fsp3) is 0.909. The van der Waals surface area contributed by atoms with Crippen LogP contribution in [-0.2, 0) is 19.1 Å². The largest absolute Gasteiger partial charge is 0.462 e. The van der Waals surface area contributed by atoms with E-state index in [0.29, 0.717) is 59.2 Å². The molecule has 6 aliphatic carbocycles. The highest BCUT2D eigenvalue weighted by Crippen LogP contribution is 2.86. The minimum Gasteiger partial charge on any atom is -0.462 e. The van der Waals surface area contributed by atoms with Crippen molar-refractivity contribution in [3.05, 3.63) is 0 Å². The topological polar surface area (TPSA) is 52.6 Å². The lowest BCUT2D eigenvalue weighted by atomic mass is 9.61. The van der Waals surface area contributed by atoms with Gasteiger partial charge in [-0.3, -0.25) is 9.59 Å². The van der Waals surface area contributed by atoms with Crippen LogP contribution in [0.4, 0.5) is 0 Å². The molecule has 0 aromatic carbocycles. The number of ether oxygens (including phenoxy) is 2. The third-order valence-corrected chi connectivity index (χ3v) is 11.4. The molecule has 0 N–H and O–H groups in total. The maximum absolute atomic E-state index is 13.4. The fourth-order valence-corrected chi connectivity index (χ4v) is 11.4. The van der Waals surface area contributed by atoms with E-state index in [-0.39, 0.29) is 35.0 Å². The van der Waals surface area contributed by atoms with Crippen molar-refractivity contribution in [1.29, 1.82) is 0 Å². The van der Waals surface area contributed by atoms with E-state index in [1.807, 2.05) is 0 Å². The summed E-state index contributed by atoms with van der Waals surface area (Å²) in [6, 6.07) is 0. The first-order valence-corrected chi connectivity index (χ1v) is 10.9. The van der Waals surface area contributed by atoms with Crippen LogP contribution < -0.4 is 0 Å². The van der Waals surface area contributed by atoms with Crippen LogP contribution in [0.5, 0.6) is 0 Å². The zero-order valence-electron chi connectivity index (χ0n) is 15.4. The summed E-state index contributed by atoms with van der Waals surface area (Å²) in [4.78, 5) is 26.7. The van der Waals surface area contributed by atoms with Gasteiger partial charge in [-0.05, 0) is 86.9 Å². The molecule has 0 aromatic rings. The molecule has 8 rings (SSSR count). The minimum atomic E-state index is -0.297. The zero-order chi connectivity index (χ0) is 17.3. The quantitative estimate of drug-likeness (QED) is 0.628. The predicted octanol–water partition coefficient (Wildman–Crippen LogP) is 2.65. The summed E-state index contributed by atoms with van der Waals surface area (Å²) in [6.45, 7) is 4.53. The number of esters is 2. The number of carbonyl (C=O) groups excluding carboxylic acids is 2. The zero-order valence-corrected chi connectivity index (χ0v) is 15.4. The molecule has 0 aromatic heterocycles. The fourth-order valence-electron chi connectivity index (χ4n) is 11.4. The molecule has 26 heavy (non-hydrogen) atoms. The predicted molar refractivity (Wildman–Crippen MR) is 89.3 cm³/mol. The highest BCUT2D eigenvalue weighted by molar-refractivity contribution is 5.83. The molecular formula is C22H26O4. The van der Waals surface area contributed by atoms with Gasteiger partial charge in [0.05, 0.1) is 10.8 Å². The lowest BCUT2D eigenvalue weighted by Gasteiger charge is -2.47. The van der Waals surface area contributed by atoms with Gasteiger partial charge in [-0.2, -0.15) is 0 Å². The van der Waals surface area contributed by atoms with E-state index in [1.54, 1.807) is 0 Å². The standard InChI is InChI=1S/C22H26O4/c1-21-15-7-3-5-10-12(7)18-13(15)14-16(22(18,2)20(24)26-10)8-4-6-9(25-19(21)23)11(8)17(14)21/h7-18H,3-6H2,1-2H3/t7-,8-,9-,10+,11+,12-,13-,14-,15+,16+,17-,18-,21-,22-/m1/s1. The molecule has 2 saturated heterocycles. The van der Waals surface area contributed by atoms with Crippen LogP contribution in [0.15, 0.2) is 0 Å². The van der Waals surface area contributed by atoms with Gasteiger partial charge in [0.2, 0.25) is 0 Å². The maximum atomic E-state index is 13.4. The molecule has 8 aliphatic rings. The van der Waals surface area contributed by atoms with Crippen molar-refractivity contribution in [2.45, 2.75) is 51.7 Å². The van der Waals surface area contributed by atoms with Gasteiger partial charge in [0.25, 0.3) is 0 Å². The van der Waals surface area contributed by atoms with Gasteiger partial charge in [0.1, 0.15) is 12.2 Å². The number of hydrogen-bond acceptors (Lipinski definition) is 4. The molecule has 0 bridgehead atoms. The first kappa shape index (κ1) is 14.0. The van der Waals surface area contributed by atoms with Crippen molar-refractivity contribution >= 4 is 11.9 Å². The number of fused-ring (bicyclic) bond motifs is 4.